The van der Waals surface area contributed by atoms with Crippen LogP contribution >= 0.6 is 0 Å². The predicted molar refractivity (Wildman–Crippen MR) is 78.8 cm³/mol. The van der Waals surface area contributed by atoms with E-state index in [9.17, 15) is 9.59 Å². The SMILES string of the molecule is O=C(C[C@@H]1C[C@H]1c1ccccc1)N[C@H]1CCC[C@H]1C(=O)O. The molecule has 0 saturated heterocycles. The summed E-state index contributed by atoms with van der Waals surface area (Å²) in [5.74, 6) is -0.270. The molecule has 2 N–H and O–H groups in total. The van der Waals surface area contributed by atoms with Gasteiger partial charge in [0.15, 0.2) is 0 Å². The lowest BCUT2D eigenvalue weighted by Crippen LogP contribution is -2.40. The molecule has 0 spiro atoms. The molecule has 0 unspecified atom stereocenters. The van der Waals surface area contributed by atoms with Gasteiger partial charge >= 0.3 is 5.97 Å². The van der Waals surface area contributed by atoms with Gasteiger partial charge in [0, 0.05) is 12.5 Å². The molecule has 4 atom stereocenters. The van der Waals surface area contributed by atoms with Crippen LogP contribution in [0.15, 0.2) is 30.3 Å². The second-order valence-corrected chi connectivity index (χ2v) is 6.27. The molecule has 3 rings (SSSR count). The molecular formula is C17H21NO3. The van der Waals surface area contributed by atoms with E-state index in [1.54, 1.807) is 0 Å². The smallest absolute Gasteiger partial charge is 0.308 e. The lowest BCUT2D eigenvalue weighted by molar-refractivity contribution is -0.142. The van der Waals surface area contributed by atoms with Gasteiger partial charge in [-0.1, -0.05) is 36.8 Å². The van der Waals surface area contributed by atoms with E-state index in [-0.39, 0.29) is 11.9 Å². The number of carboxylic acids is 1. The van der Waals surface area contributed by atoms with Crippen molar-refractivity contribution >= 4 is 11.9 Å². The van der Waals surface area contributed by atoms with Crippen molar-refractivity contribution in [1.29, 1.82) is 0 Å². The lowest BCUT2D eigenvalue weighted by Gasteiger charge is -2.17. The Kier molecular flexibility index (Phi) is 3.95. The molecule has 0 heterocycles. The summed E-state index contributed by atoms with van der Waals surface area (Å²) >= 11 is 0. The molecule has 4 nitrogen and oxygen atoms in total. The fourth-order valence-corrected chi connectivity index (χ4v) is 3.51. The van der Waals surface area contributed by atoms with Gasteiger partial charge in [0.2, 0.25) is 5.91 Å². The second kappa shape index (κ2) is 5.88. The van der Waals surface area contributed by atoms with Crippen molar-refractivity contribution < 1.29 is 14.7 Å². The molecule has 21 heavy (non-hydrogen) atoms. The molecule has 1 aromatic carbocycles. The van der Waals surface area contributed by atoms with E-state index in [4.69, 9.17) is 5.11 Å². The molecule has 1 aromatic rings. The molecule has 0 bridgehead atoms. The first-order valence-electron chi connectivity index (χ1n) is 7.72. The average molecular weight is 287 g/mol. The highest BCUT2D eigenvalue weighted by Crippen LogP contribution is 2.49. The molecule has 2 aliphatic rings. The maximum atomic E-state index is 12.1. The predicted octanol–water partition coefficient (Wildman–Crippen LogP) is 2.55. The van der Waals surface area contributed by atoms with Crippen molar-refractivity contribution in [2.45, 2.75) is 44.1 Å². The summed E-state index contributed by atoms with van der Waals surface area (Å²) in [4.78, 5) is 23.2. The third-order valence-electron chi connectivity index (χ3n) is 4.78. The lowest BCUT2D eigenvalue weighted by atomic mass is 10.0. The number of benzene rings is 1. The second-order valence-electron chi connectivity index (χ2n) is 6.27. The first-order valence-corrected chi connectivity index (χ1v) is 7.72. The van der Waals surface area contributed by atoms with E-state index < -0.39 is 11.9 Å². The Morgan fingerprint density at radius 3 is 2.67 bits per heavy atom. The summed E-state index contributed by atoms with van der Waals surface area (Å²) in [5, 5.41) is 12.1. The molecule has 0 aromatic heterocycles. The first-order chi connectivity index (χ1) is 10.1. The molecular weight excluding hydrogens is 266 g/mol. The summed E-state index contributed by atoms with van der Waals surface area (Å²) < 4.78 is 0. The Bertz CT molecular complexity index is 528. The van der Waals surface area contributed by atoms with Crippen molar-refractivity contribution in [3.8, 4) is 0 Å². The number of carboxylic acid groups (broad SMARTS) is 1. The zero-order valence-electron chi connectivity index (χ0n) is 12.0. The minimum Gasteiger partial charge on any atom is -0.481 e. The van der Waals surface area contributed by atoms with Gasteiger partial charge in [-0.2, -0.15) is 0 Å². The van der Waals surface area contributed by atoms with Gasteiger partial charge in [0.05, 0.1) is 5.92 Å². The van der Waals surface area contributed by atoms with E-state index in [2.05, 4.69) is 17.4 Å². The van der Waals surface area contributed by atoms with Gasteiger partial charge in [-0.25, -0.2) is 0 Å². The molecule has 2 saturated carbocycles. The van der Waals surface area contributed by atoms with E-state index in [1.807, 2.05) is 18.2 Å². The Hall–Kier alpha value is -1.84. The van der Waals surface area contributed by atoms with Crippen LogP contribution in [0.5, 0.6) is 0 Å². The fourth-order valence-electron chi connectivity index (χ4n) is 3.51. The van der Waals surface area contributed by atoms with Gasteiger partial charge in [0.25, 0.3) is 0 Å². The Balaban J connectivity index is 1.49. The van der Waals surface area contributed by atoms with Crippen molar-refractivity contribution in [3.63, 3.8) is 0 Å². The quantitative estimate of drug-likeness (QED) is 0.874. The maximum Gasteiger partial charge on any atom is 0.308 e. The first kappa shape index (κ1) is 14.1. The highest BCUT2D eigenvalue weighted by Gasteiger charge is 2.40. The van der Waals surface area contributed by atoms with Gasteiger partial charge in [0.1, 0.15) is 0 Å². The molecule has 0 aliphatic heterocycles. The largest absolute Gasteiger partial charge is 0.481 e. The van der Waals surface area contributed by atoms with Gasteiger partial charge in [-0.05, 0) is 36.7 Å². The van der Waals surface area contributed by atoms with E-state index in [0.717, 1.165) is 19.3 Å². The van der Waals surface area contributed by atoms with Crippen LogP contribution in [0.1, 0.15) is 43.6 Å². The third-order valence-corrected chi connectivity index (χ3v) is 4.78. The molecule has 112 valence electrons. The van der Waals surface area contributed by atoms with Crippen LogP contribution in [0, 0.1) is 11.8 Å². The van der Waals surface area contributed by atoms with Crippen LogP contribution in [0.2, 0.25) is 0 Å². The summed E-state index contributed by atoms with van der Waals surface area (Å²) in [7, 11) is 0. The van der Waals surface area contributed by atoms with Crippen molar-refractivity contribution in [3.05, 3.63) is 35.9 Å². The van der Waals surface area contributed by atoms with Crippen molar-refractivity contribution in [2.24, 2.45) is 11.8 Å². The number of rotatable bonds is 5. The van der Waals surface area contributed by atoms with Gasteiger partial charge in [-0.3, -0.25) is 9.59 Å². The number of carbonyl (C=O) groups excluding carboxylic acids is 1. The third kappa shape index (κ3) is 3.26. The van der Waals surface area contributed by atoms with Crippen LogP contribution in [-0.2, 0) is 9.59 Å². The molecule has 0 radical (unpaired) electrons. The zero-order valence-corrected chi connectivity index (χ0v) is 12.0. The summed E-state index contributed by atoms with van der Waals surface area (Å²) in [6.07, 6.45) is 3.93. The molecule has 1 amide bonds. The number of nitrogens with one attached hydrogen (secondary N) is 1. The van der Waals surface area contributed by atoms with Crippen LogP contribution in [0.3, 0.4) is 0 Å². The minimum absolute atomic E-state index is 0.0107. The number of amides is 1. The number of hydrogen-bond acceptors (Lipinski definition) is 2. The van der Waals surface area contributed by atoms with Gasteiger partial charge in [-0.15, -0.1) is 0 Å². The molecule has 2 fully saturated rings. The molecule has 4 heteroatoms. The Morgan fingerprint density at radius 1 is 1.19 bits per heavy atom. The van der Waals surface area contributed by atoms with E-state index >= 15 is 0 Å². The van der Waals surface area contributed by atoms with Gasteiger partial charge < -0.3 is 10.4 Å². The monoisotopic (exact) mass is 287 g/mol. The van der Waals surface area contributed by atoms with Crippen molar-refractivity contribution in [2.75, 3.05) is 0 Å². The maximum absolute atomic E-state index is 12.1. The van der Waals surface area contributed by atoms with Crippen LogP contribution in [-0.4, -0.2) is 23.0 Å². The fraction of sp³-hybridized carbons (Fsp3) is 0.529. The van der Waals surface area contributed by atoms with Crippen LogP contribution in [0.4, 0.5) is 0 Å². The summed E-state index contributed by atoms with van der Waals surface area (Å²) in [6.45, 7) is 0. The standard InChI is InChI=1S/C17H21NO3/c19-16(18-15-8-4-7-13(15)17(20)21)10-12-9-14(12)11-5-2-1-3-6-11/h1-3,5-6,12-15H,4,7-10H2,(H,18,19)(H,20,21)/t12-,13+,14-,15-/m0/s1. The normalized spacial score (nSPS) is 30.9. The number of aliphatic carboxylic acids is 1. The minimum atomic E-state index is -0.786. The summed E-state index contributed by atoms with van der Waals surface area (Å²) in [6, 6.07) is 10.1. The van der Waals surface area contributed by atoms with Crippen LogP contribution in [0.25, 0.3) is 0 Å². The summed E-state index contributed by atoms with van der Waals surface area (Å²) in [5.41, 5.74) is 1.31. The number of carbonyl (C=O) groups is 2. The Labute approximate surface area is 124 Å². The zero-order chi connectivity index (χ0) is 14.8. The highest BCUT2D eigenvalue weighted by atomic mass is 16.4. The topological polar surface area (TPSA) is 66.4 Å². The van der Waals surface area contributed by atoms with Crippen molar-refractivity contribution in [1.82, 2.24) is 5.32 Å². The molecule has 2 aliphatic carbocycles. The van der Waals surface area contributed by atoms with E-state index in [0.29, 0.717) is 24.7 Å². The van der Waals surface area contributed by atoms with Crippen LogP contribution < -0.4 is 5.32 Å². The highest BCUT2D eigenvalue weighted by molar-refractivity contribution is 5.79. The number of hydrogen-bond donors (Lipinski definition) is 2. The average Bonchev–Trinajstić information content (AvgIpc) is 3.06. The van der Waals surface area contributed by atoms with E-state index in [1.165, 1.54) is 5.56 Å². The Morgan fingerprint density at radius 2 is 1.95 bits per heavy atom.